The van der Waals surface area contributed by atoms with E-state index in [0.29, 0.717) is 16.9 Å². The first-order valence-electron chi connectivity index (χ1n) is 9.07. The van der Waals surface area contributed by atoms with Crippen LogP contribution in [0.25, 0.3) is 6.08 Å². The van der Waals surface area contributed by atoms with Gasteiger partial charge in [0.05, 0.1) is 7.11 Å². The number of nitrogens with one attached hydrogen (secondary N) is 2. The second-order valence-corrected chi connectivity index (χ2v) is 6.68. The predicted octanol–water partition coefficient (Wildman–Crippen LogP) is 2.69. The number of carbonyl (C=O) groups excluding carboxylic acids is 2. The van der Waals surface area contributed by atoms with Crippen LogP contribution in [-0.4, -0.2) is 36.0 Å². The molecule has 0 aliphatic rings. The third-order valence-electron chi connectivity index (χ3n) is 4.17. The summed E-state index contributed by atoms with van der Waals surface area (Å²) >= 11 is 0. The molecule has 1 unspecified atom stereocenters. The molecular weight excluding hydrogens is 372 g/mol. The minimum atomic E-state index is -1.14. The van der Waals surface area contributed by atoms with Crippen LogP contribution in [0.2, 0.25) is 0 Å². The highest BCUT2D eigenvalue weighted by molar-refractivity contribution is 6.06. The minimum Gasteiger partial charge on any atom is -0.497 e. The van der Waals surface area contributed by atoms with Gasteiger partial charge in [-0.25, -0.2) is 4.79 Å². The molecule has 0 saturated carbocycles. The lowest BCUT2D eigenvalue weighted by atomic mass is 10.0. The molecular formula is C22H24N2O5. The Morgan fingerprint density at radius 2 is 1.62 bits per heavy atom. The van der Waals surface area contributed by atoms with Gasteiger partial charge >= 0.3 is 5.97 Å². The van der Waals surface area contributed by atoms with Crippen molar-refractivity contribution in [2.75, 3.05) is 7.11 Å². The zero-order valence-electron chi connectivity index (χ0n) is 16.5. The van der Waals surface area contributed by atoms with Crippen LogP contribution in [0.3, 0.4) is 0 Å². The number of aliphatic carboxylic acids is 1. The number of hydrogen-bond acceptors (Lipinski definition) is 4. The number of carbonyl (C=O) groups is 3. The Morgan fingerprint density at radius 3 is 2.14 bits per heavy atom. The molecule has 0 bridgehead atoms. The Hall–Kier alpha value is -3.61. The highest BCUT2D eigenvalue weighted by Gasteiger charge is 2.25. The maximum atomic E-state index is 12.8. The first-order valence-corrected chi connectivity index (χ1v) is 9.07. The van der Waals surface area contributed by atoms with Gasteiger partial charge in [0.2, 0.25) is 0 Å². The van der Waals surface area contributed by atoms with Gasteiger partial charge in [-0.2, -0.15) is 0 Å². The van der Waals surface area contributed by atoms with Gasteiger partial charge in [-0.1, -0.05) is 44.2 Å². The summed E-state index contributed by atoms with van der Waals surface area (Å²) in [4.78, 5) is 36.8. The fourth-order valence-electron chi connectivity index (χ4n) is 2.54. The number of ether oxygens (including phenoxy) is 1. The lowest BCUT2D eigenvalue weighted by molar-refractivity contribution is -0.142. The number of carboxylic acids is 1. The fraction of sp³-hybridized carbons (Fsp3) is 0.227. The standard InChI is InChI=1S/C22H24N2O5/c1-14(2)19(22(27)28)24-21(26)18(13-15-7-5-4-6-8-15)23-20(25)16-9-11-17(29-3)12-10-16/h4-14,19H,1-3H3,(H,23,25)(H,24,26)(H,27,28)/b18-13-. The quantitative estimate of drug-likeness (QED) is 0.595. The molecule has 7 nitrogen and oxygen atoms in total. The molecule has 0 aliphatic carbocycles. The topological polar surface area (TPSA) is 105 Å². The van der Waals surface area contributed by atoms with Crippen molar-refractivity contribution < 1.29 is 24.2 Å². The van der Waals surface area contributed by atoms with Crippen LogP contribution in [0.15, 0.2) is 60.3 Å². The Kier molecular flexibility index (Phi) is 7.54. The van der Waals surface area contributed by atoms with Gasteiger partial charge in [-0.15, -0.1) is 0 Å². The molecule has 2 aromatic rings. The summed E-state index contributed by atoms with van der Waals surface area (Å²) in [7, 11) is 1.52. The summed E-state index contributed by atoms with van der Waals surface area (Å²) in [6.45, 7) is 3.38. The fourth-order valence-corrected chi connectivity index (χ4v) is 2.54. The zero-order chi connectivity index (χ0) is 21.4. The van der Waals surface area contributed by atoms with Crippen LogP contribution in [0.5, 0.6) is 5.75 Å². The lowest BCUT2D eigenvalue weighted by Gasteiger charge is -2.19. The van der Waals surface area contributed by atoms with E-state index in [0.717, 1.165) is 0 Å². The highest BCUT2D eigenvalue weighted by Crippen LogP contribution is 2.13. The van der Waals surface area contributed by atoms with Crippen molar-refractivity contribution in [3.63, 3.8) is 0 Å². The van der Waals surface area contributed by atoms with Gasteiger partial charge in [-0.05, 0) is 41.8 Å². The van der Waals surface area contributed by atoms with Gasteiger partial charge in [0.1, 0.15) is 17.5 Å². The molecule has 1 atom stereocenters. The molecule has 2 rings (SSSR count). The molecule has 0 aliphatic heterocycles. The van der Waals surface area contributed by atoms with E-state index in [2.05, 4.69) is 10.6 Å². The molecule has 0 saturated heterocycles. The largest absolute Gasteiger partial charge is 0.497 e. The molecule has 29 heavy (non-hydrogen) atoms. The second-order valence-electron chi connectivity index (χ2n) is 6.68. The van der Waals surface area contributed by atoms with Crippen molar-refractivity contribution in [3.8, 4) is 5.75 Å². The SMILES string of the molecule is COc1ccc(C(=O)N/C(=C\c2ccccc2)C(=O)NC(C(=O)O)C(C)C)cc1. The number of carboxylic acid groups (broad SMARTS) is 1. The average Bonchev–Trinajstić information content (AvgIpc) is 2.71. The molecule has 2 aromatic carbocycles. The number of methoxy groups -OCH3 is 1. The van der Waals surface area contributed by atoms with E-state index in [9.17, 15) is 19.5 Å². The van der Waals surface area contributed by atoms with Crippen LogP contribution < -0.4 is 15.4 Å². The molecule has 2 amide bonds. The number of amides is 2. The second kappa shape index (κ2) is 10.1. The molecule has 0 radical (unpaired) electrons. The van der Waals surface area contributed by atoms with Crippen LogP contribution in [-0.2, 0) is 9.59 Å². The zero-order valence-corrected chi connectivity index (χ0v) is 16.5. The summed E-state index contributed by atoms with van der Waals surface area (Å²) in [5.41, 5.74) is 0.962. The summed E-state index contributed by atoms with van der Waals surface area (Å²) in [5, 5.41) is 14.4. The maximum Gasteiger partial charge on any atom is 0.326 e. The minimum absolute atomic E-state index is 0.0519. The molecule has 0 heterocycles. The van der Waals surface area contributed by atoms with E-state index < -0.39 is 23.8 Å². The molecule has 152 valence electrons. The molecule has 3 N–H and O–H groups in total. The first-order chi connectivity index (χ1) is 13.8. The Morgan fingerprint density at radius 1 is 1.00 bits per heavy atom. The van der Waals surface area contributed by atoms with Crippen LogP contribution >= 0.6 is 0 Å². The van der Waals surface area contributed by atoms with Crippen molar-refractivity contribution in [3.05, 3.63) is 71.4 Å². The van der Waals surface area contributed by atoms with E-state index in [4.69, 9.17) is 4.74 Å². The van der Waals surface area contributed by atoms with Crippen molar-refractivity contribution >= 4 is 23.9 Å². The predicted molar refractivity (Wildman–Crippen MR) is 109 cm³/mol. The number of hydrogen-bond donors (Lipinski definition) is 3. The molecule has 0 spiro atoms. The summed E-state index contributed by atoms with van der Waals surface area (Å²) in [5.74, 6) is -2.06. The normalized spacial score (nSPS) is 12.2. The molecule has 0 fully saturated rings. The lowest BCUT2D eigenvalue weighted by Crippen LogP contribution is -2.47. The average molecular weight is 396 g/mol. The summed E-state index contributed by atoms with van der Waals surface area (Å²) in [6.07, 6.45) is 1.50. The van der Waals surface area contributed by atoms with Gasteiger partial charge in [0, 0.05) is 5.56 Å². The van der Waals surface area contributed by atoms with E-state index in [1.165, 1.54) is 13.2 Å². The number of rotatable bonds is 8. The maximum absolute atomic E-state index is 12.8. The summed E-state index contributed by atoms with van der Waals surface area (Å²) < 4.78 is 5.07. The monoisotopic (exact) mass is 396 g/mol. The van der Waals surface area contributed by atoms with Crippen LogP contribution in [0.1, 0.15) is 29.8 Å². The Balaban J connectivity index is 2.29. The van der Waals surface area contributed by atoms with Crippen molar-refractivity contribution in [1.82, 2.24) is 10.6 Å². The van der Waals surface area contributed by atoms with Crippen LogP contribution in [0.4, 0.5) is 0 Å². The third-order valence-corrected chi connectivity index (χ3v) is 4.17. The van der Waals surface area contributed by atoms with Crippen molar-refractivity contribution in [2.45, 2.75) is 19.9 Å². The Labute approximate surface area is 169 Å². The smallest absolute Gasteiger partial charge is 0.326 e. The van der Waals surface area contributed by atoms with Gasteiger partial charge in [0.25, 0.3) is 11.8 Å². The van der Waals surface area contributed by atoms with Crippen molar-refractivity contribution in [2.24, 2.45) is 5.92 Å². The Bertz CT molecular complexity index is 889. The van der Waals surface area contributed by atoms with Gasteiger partial charge in [0.15, 0.2) is 0 Å². The van der Waals surface area contributed by atoms with Gasteiger partial charge < -0.3 is 20.5 Å². The van der Waals surface area contributed by atoms with E-state index in [1.807, 2.05) is 6.07 Å². The van der Waals surface area contributed by atoms with Crippen LogP contribution in [0, 0.1) is 5.92 Å². The number of benzene rings is 2. The van der Waals surface area contributed by atoms with Gasteiger partial charge in [-0.3, -0.25) is 9.59 Å². The van der Waals surface area contributed by atoms with E-state index >= 15 is 0 Å². The third kappa shape index (κ3) is 6.21. The summed E-state index contributed by atoms with van der Waals surface area (Å²) in [6, 6.07) is 14.3. The first kappa shape index (κ1) is 21.7. The molecule has 7 heteroatoms. The van der Waals surface area contributed by atoms with E-state index in [-0.39, 0.29) is 11.6 Å². The molecule has 0 aromatic heterocycles. The van der Waals surface area contributed by atoms with Crippen molar-refractivity contribution in [1.29, 1.82) is 0 Å². The van der Waals surface area contributed by atoms with E-state index in [1.54, 1.807) is 62.4 Å². The highest BCUT2D eigenvalue weighted by atomic mass is 16.5.